The summed E-state index contributed by atoms with van der Waals surface area (Å²) >= 11 is 0. The number of pyridine rings is 1. The van der Waals surface area contributed by atoms with Crippen molar-refractivity contribution < 1.29 is 4.79 Å². The first-order valence-electron chi connectivity index (χ1n) is 5.70. The number of hydrogen-bond acceptors (Lipinski definition) is 3. The van der Waals surface area contributed by atoms with Crippen molar-refractivity contribution in [2.75, 3.05) is 18.8 Å². The van der Waals surface area contributed by atoms with E-state index < -0.39 is 0 Å². The molecule has 1 rings (SSSR count). The van der Waals surface area contributed by atoms with Crippen LogP contribution in [0.25, 0.3) is 0 Å². The molecule has 0 unspecified atom stereocenters. The first-order valence-corrected chi connectivity index (χ1v) is 5.70. The van der Waals surface area contributed by atoms with Crippen molar-refractivity contribution >= 4 is 11.7 Å². The minimum atomic E-state index is -0.0387. The molecular weight excluding hydrogens is 202 g/mol. The van der Waals surface area contributed by atoms with Gasteiger partial charge in [-0.15, -0.1) is 0 Å². The quantitative estimate of drug-likeness (QED) is 0.826. The van der Waals surface area contributed by atoms with E-state index in [0.29, 0.717) is 18.1 Å². The standard InChI is InChI=1S/C12H19N3O/c1-3-5-9-15(4-2)12(16)10-7-6-8-11(13)14-10/h6-8H,3-5,9H2,1-2H3,(H2,13,14). The van der Waals surface area contributed by atoms with Crippen molar-refractivity contribution in [3.8, 4) is 0 Å². The van der Waals surface area contributed by atoms with E-state index in [-0.39, 0.29) is 5.91 Å². The number of nitrogens with zero attached hydrogens (tertiary/aromatic N) is 2. The highest BCUT2D eigenvalue weighted by atomic mass is 16.2. The maximum absolute atomic E-state index is 12.0. The molecule has 1 heterocycles. The number of unbranched alkanes of at least 4 members (excludes halogenated alkanes) is 1. The Morgan fingerprint density at radius 2 is 2.19 bits per heavy atom. The fraction of sp³-hybridized carbons (Fsp3) is 0.500. The summed E-state index contributed by atoms with van der Waals surface area (Å²) in [4.78, 5) is 17.9. The van der Waals surface area contributed by atoms with E-state index in [1.165, 1.54) is 0 Å². The van der Waals surface area contributed by atoms with Gasteiger partial charge in [-0.05, 0) is 25.5 Å². The second-order valence-electron chi connectivity index (χ2n) is 3.69. The van der Waals surface area contributed by atoms with E-state index >= 15 is 0 Å². The van der Waals surface area contributed by atoms with Gasteiger partial charge in [0.05, 0.1) is 0 Å². The number of carbonyl (C=O) groups excluding carboxylic acids is 1. The van der Waals surface area contributed by atoms with E-state index in [0.717, 1.165) is 19.4 Å². The first kappa shape index (κ1) is 12.5. The van der Waals surface area contributed by atoms with Gasteiger partial charge in [0.2, 0.25) is 0 Å². The summed E-state index contributed by atoms with van der Waals surface area (Å²) in [6, 6.07) is 5.13. The van der Waals surface area contributed by atoms with Crippen LogP contribution in [0.3, 0.4) is 0 Å². The predicted octanol–water partition coefficient (Wildman–Crippen LogP) is 1.93. The van der Waals surface area contributed by atoms with Crippen LogP contribution >= 0.6 is 0 Å². The van der Waals surface area contributed by atoms with Crippen molar-refractivity contribution in [3.05, 3.63) is 23.9 Å². The Hall–Kier alpha value is -1.58. The zero-order valence-electron chi connectivity index (χ0n) is 9.94. The summed E-state index contributed by atoms with van der Waals surface area (Å²) in [5.41, 5.74) is 5.98. The minimum Gasteiger partial charge on any atom is -0.384 e. The van der Waals surface area contributed by atoms with Gasteiger partial charge in [-0.2, -0.15) is 0 Å². The van der Waals surface area contributed by atoms with Crippen LogP contribution in [-0.4, -0.2) is 28.9 Å². The molecule has 2 N–H and O–H groups in total. The summed E-state index contributed by atoms with van der Waals surface area (Å²) in [6.45, 7) is 5.56. The molecule has 1 amide bonds. The number of amides is 1. The summed E-state index contributed by atoms with van der Waals surface area (Å²) < 4.78 is 0. The normalized spacial score (nSPS) is 10.1. The zero-order valence-corrected chi connectivity index (χ0v) is 9.94. The molecule has 0 radical (unpaired) electrons. The van der Waals surface area contributed by atoms with Crippen molar-refractivity contribution in [3.63, 3.8) is 0 Å². The fourth-order valence-electron chi connectivity index (χ4n) is 1.48. The molecule has 0 bridgehead atoms. The van der Waals surface area contributed by atoms with Gasteiger partial charge < -0.3 is 10.6 Å². The molecule has 0 aromatic carbocycles. The Balaban J connectivity index is 2.74. The third kappa shape index (κ3) is 3.22. The van der Waals surface area contributed by atoms with Crippen LogP contribution in [-0.2, 0) is 0 Å². The molecule has 0 aliphatic carbocycles. The topological polar surface area (TPSA) is 59.2 Å². The SMILES string of the molecule is CCCCN(CC)C(=O)c1cccc(N)n1. The molecule has 0 atom stereocenters. The van der Waals surface area contributed by atoms with Crippen LogP contribution in [0, 0.1) is 0 Å². The van der Waals surface area contributed by atoms with Gasteiger partial charge in [0.25, 0.3) is 5.91 Å². The molecule has 0 saturated heterocycles. The average molecular weight is 221 g/mol. The minimum absolute atomic E-state index is 0.0387. The molecule has 0 aliphatic heterocycles. The lowest BCUT2D eigenvalue weighted by Gasteiger charge is -2.20. The predicted molar refractivity (Wildman–Crippen MR) is 65.1 cm³/mol. The Labute approximate surface area is 96.5 Å². The molecule has 16 heavy (non-hydrogen) atoms. The third-order valence-electron chi connectivity index (χ3n) is 2.44. The largest absolute Gasteiger partial charge is 0.384 e. The highest BCUT2D eigenvalue weighted by Gasteiger charge is 2.14. The van der Waals surface area contributed by atoms with Crippen molar-refractivity contribution in [2.24, 2.45) is 0 Å². The summed E-state index contributed by atoms with van der Waals surface area (Å²) in [5, 5.41) is 0. The monoisotopic (exact) mass is 221 g/mol. The second kappa shape index (κ2) is 6.10. The van der Waals surface area contributed by atoms with Gasteiger partial charge in [0.15, 0.2) is 0 Å². The number of hydrogen-bond donors (Lipinski definition) is 1. The molecule has 0 spiro atoms. The van der Waals surface area contributed by atoms with Crippen molar-refractivity contribution in [1.29, 1.82) is 0 Å². The number of rotatable bonds is 5. The Morgan fingerprint density at radius 3 is 2.75 bits per heavy atom. The van der Waals surface area contributed by atoms with Crippen LogP contribution in [0.1, 0.15) is 37.2 Å². The Kier molecular flexibility index (Phi) is 4.76. The summed E-state index contributed by atoms with van der Waals surface area (Å²) in [7, 11) is 0. The lowest BCUT2D eigenvalue weighted by molar-refractivity contribution is 0.0756. The van der Waals surface area contributed by atoms with E-state index in [1.54, 1.807) is 23.1 Å². The lowest BCUT2D eigenvalue weighted by Crippen LogP contribution is -2.32. The molecule has 4 nitrogen and oxygen atoms in total. The number of anilines is 1. The number of carbonyl (C=O) groups is 1. The van der Waals surface area contributed by atoms with Crippen LogP contribution in [0.5, 0.6) is 0 Å². The number of nitrogens with two attached hydrogens (primary N) is 1. The highest BCUT2D eigenvalue weighted by Crippen LogP contribution is 2.06. The van der Waals surface area contributed by atoms with Crippen LogP contribution in [0.15, 0.2) is 18.2 Å². The lowest BCUT2D eigenvalue weighted by atomic mass is 10.2. The van der Waals surface area contributed by atoms with Crippen LogP contribution in [0.2, 0.25) is 0 Å². The molecule has 1 aromatic heterocycles. The van der Waals surface area contributed by atoms with Gasteiger partial charge >= 0.3 is 0 Å². The van der Waals surface area contributed by atoms with E-state index in [4.69, 9.17) is 5.73 Å². The smallest absolute Gasteiger partial charge is 0.272 e. The summed E-state index contributed by atoms with van der Waals surface area (Å²) in [6.07, 6.45) is 2.09. The van der Waals surface area contributed by atoms with E-state index in [9.17, 15) is 4.79 Å². The van der Waals surface area contributed by atoms with E-state index in [2.05, 4.69) is 11.9 Å². The fourth-order valence-corrected chi connectivity index (χ4v) is 1.48. The molecule has 1 aromatic rings. The van der Waals surface area contributed by atoms with Crippen LogP contribution in [0.4, 0.5) is 5.82 Å². The Morgan fingerprint density at radius 1 is 1.44 bits per heavy atom. The number of nitrogen functional groups attached to an aromatic ring is 1. The average Bonchev–Trinajstić information content (AvgIpc) is 2.29. The molecule has 0 saturated carbocycles. The number of aromatic nitrogens is 1. The first-order chi connectivity index (χ1) is 7.69. The molecule has 88 valence electrons. The van der Waals surface area contributed by atoms with Gasteiger partial charge in [0, 0.05) is 13.1 Å². The third-order valence-corrected chi connectivity index (χ3v) is 2.44. The Bertz CT molecular complexity index is 352. The molecule has 4 heteroatoms. The zero-order chi connectivity index (χ0) is 12.0. The second-order valence-corrected chi connectivity index (χ2v) is 3.69. The van der Waals surface area contributed by atoms with Gasteiger partial charge in [-0.25, -0.2) is 4.98 Å². The molecular formula is C12H19N3O. The molecule has 0 aliphatic rings. The maximum atomic E-state index is 12.0. The van der Waals surface area contributed by atoms with Gasteiger partial charge in [-0.3, -0.25) is 4.79 Å². The van der Waals surface area contributed by atoms with Gasteiger partial charge in [0.1, 0.15) is 11.5 Å². The highest BCUT2D eigenvalue weighted by molar-refractivity contribution is 5.92. The summed E-state index contributed by atoms with van der Waals surface area (Å²) in [5.74, 6) is 0.348. The van der Waals surface area contributed by atoms with Crippen molar-refractivity contribution in [1.82, 2.24) is 9.88 Å². The van der Waals surface area contributed by atoms with E-state index in [1.807, 2.05) is 6.92 Å². The maximum Gasteiger partial charge on any atom is 0.272 e. The van der Waals surface area contributed by atoms with Gasteiger partial charge in [-0.1, -0.05) is 19.4 Å². The van der Waals surface area contributed by atoms with Crippen molar-refractivity contribution in [2.45, 2.75) is 26.7 Å². The molecule has 0 fully saturated rings. The van der Waals surface area contributed by atoms with Crippen LogP contribution < -0.4 is 5.73 Å².